The molecule has 26 heavy (non-hydrogen) atoms. The molecule has 1 fully saturated rings. The Bertz CT molecular complexity index is 899. The molecular formula is C19H24N6S. The first-order chi connectivity index (χ1) is 12.6. The number of aromatic nitrogens is 5. The molecule has 0 N–H and O–H groups in total. The summed E-state index contributed by atoms with van der Waals surface area (Å²) in [4.78, 5) is 22.3. The van der Waals surface area contributed by atoms with Gasteiger partial charge in [0.1, 0.15) is 11.5 Å². The summed E-state index contributed by atoms with van der Waals surface area (Å²) in [7, 11) is 2.00. The van der Waals surface area contributed by atoms with Crippen molar-refractivity contribution in [1.82, 2.24) is 29.4 Å². The fraction of sp³-hybridized carbons (Fsp3) is 0.474. The third-order valence-corrected chi connectivity index (χ3v) is 5.92. The third-order valence-electron chi connectivity index (χ3n) is 5.00. The fourth-order valence-corrected chi connectivity index (χ4v) is 4.41. The molecule has 1 saturated heterocycles. The molecule has 0 aromatic carbocycles. The second-order valence-electron chi connectivity index (χ2n) is 7.05. The molecule has 0 unspecified atom stereocenters. The van der Waals surface area contributed by atoms with Gasteiger partial charge in [0.2, 0.25) is 0 Å². The second kappa shape index (κ2) is 7.25. The molecule has 3 aromatic heterocycles. The molecule has 4 heterocycles. The van der Waals surface area contributed by atoms with E-state index in [4.69, 9.17) is 9.97 Å². The van der Waals surface area contributed by atoms with Crippen LogP contribution in [-0.2, 0) is 13.6 Å². The van der Waals surface area contributed by atoms with Gasteiger partial charge >= 0.3 is 0 Å². The van der Waals surface area contributed by atoms with Crippen LogP contribution in [0.1, 0.15) is 40.8 Å². The summed E-state index contributed by atoms with van der Waals surface area (Å²) in [6, 6.07) is 2.02. The Morgan fingerprint density at radius 2 is 2.12 bits per heavy atom. The first kappa shape index (κ1) is 17.3. The van der Waals surface area contributed by atoms with Gasteiger partial charge in [0.15, 0.2) is 5.82 Å². The molecule has 4 rings (SSSR count). The van der Waals surface area contributed by atoms with Crippen molar-refractivity contribution in [3.05, 3.63) is 46.1 Å². The van der Waals surface area contributed by atoms with Gasteiger partial charge in [0.25, 0.3) is 0 Å². The Balaban J connectivity index is 1.56. The predicted molar refractivity (Wildman–Crippen MR) is 103 cm³/mol. The zero-order valence-electron chi connectivity index (χ0n) is 15.5. The molecule has 1 atom stereocenters. The van der Waals surface area contributed by atoms with E-state index < -0.39 is 0 Å². The van der Waals surface area contributed by atoms with Gasteiger partial charge in [-0.3, -0.25) is 4.90 Å². The van der Waals surface area contributed by atoms with Crippen molar-refractivity contribution < 1.29 is 0 Å². The Hall–Kier alpha value is -2.12. The zero-order chi connectivity index (χ0) is 18.1. The topological polar surface area (TPSA) is 59.7 Å². The average molecular weight is 369 g/mol. The lowest BCUT2D eigenvalue weighted by Crippen LogP contribution is -2.34. The molecule has 0 radical (unpaired) electrons. The highest BCUT2D eigenvalue weighted by atomic mass is 32.1. The van der Waals surface area contributed by atoms with E-state index >= 15 is 0 Å². The number of rotatable bonds is 4. The molecule has 0 amide bonds. The van der Waals surface area contributed by atoms with Crippen LogP contribution in [0.4, 0.5) is 0 Å². The van der Waals surface area contributed by atoms with E-state index in [1.165, 1.54) is 11.3 Å². The maximum Gasteiger partial charge on any atom is 0.158 e. The van der Waals surface area contributed by atoms with Gasteiger partial charge in [0, 0.05) is 49.0 Å². The summed E-state index contributed by atoms with van der Waals surface area (Å²) in [5.74, 6) is 2.22. The zero-order valence-corrected chi connectivity index (χ0v) is 16.3. The second-order valence-corrected chi connectivity index (χ2v) is 7.99. The van der Waals surface area contributed by atoms with E-state index in [1.807, 2.05) is 42.5 Å². The summed E-state index contributed by atoms with van der Waals surface area (Å²) in [5, 5.41) is 0. The summed E-state index contributed by atoms with van der Waals surface area (Å²) in [6.07, 6.45) is 6.08. The van der Waals surface area contributed by atoms with Crippen LogP contribution in [0.15, 0.2) is 24.0 Å². The Labute approximate surface area is 158 Å². The van der Waals surface area contributed by atoms with Crippen LogP contribution in [0, 0.1) is 13.8 Å². The van der Waals surface area contributed by atoms with Crippen LogP contribution in [-0.4, -0.2) is 42.5 Å². The minimum absolute atomic E-state index is 0.371. The number of nitrogens with zero attached hydrogens (tertiary/aromatic N) is 6. The lowest BCUT2D eigenvalue weighted by atomic mass is 9.96. The summed E-state index contributed by atoms with van der Waals surface area (Å²) in [6.45, 7) is 7.24. The van der Waals surface area contributed by atoms with Crippen molar-refractivity contribution in [2.45, 2.75) is 39.2 Å². The van der Waals surface area contributed by atoms with Crippen molar-refractivity contribution in [3.8, 4) is 11.5 Å². The van der Waals surface area contributed by atoms with Gasteiger partial charge in [-0.25, -0.2) is 19.9 Å². The summed E-state index contributed by atoms with van der Waals surface area (Å²) >= 11 is 1.75. The van der Waals surface area contributed by atoms with Crippen LogP contribution < -0.4 is 0 Å². The van der Waals surface area contributed by atoms with Gasteiger partial charge in [-0.2, -0.15) is 0 Å². The van der Waals surface area contributed by atoms with E-state index in [0.29, 0.717) is 5.92 Å². The van der Waals surface area contributed by atoms with Crippen molar-refractivity contribution in [2.75, 3.05) is 13.1 Å². The lowest BCUT2D eigenvalue weighted by Gasteiger charge is -2.31. The van der Waals surface area contributed by atoms with Crippen LogP contribution in [0.2, 0.25) is 0 Å². The van der Waals surface area contributed by atoms with Crippen LogP contribution in [0.5, 0.6) is 0 Å². The van der Waals surface area contributed by atoms with E-state index in [-0.39, 0.29) is 0 Å². The molecule has 6 nitrogen and oxygen atoms in total. The number of piperidine rings is 1. The molecular weight excluding hydrogens is 344 g/mol. The SMILES string of the molecule is Cc1cc(-c2nccn2C)nc([C@H]2CCCN(Cc3scnc3C)C2)n1. The van der Waals surface area contributed by atoms with Gasteiger partial charge in [0.05, 0.1) is 11.2 Å². The van der Waals surface area contributed by atoms with Crippen molar-refractivity contribution in [2.24, 2.45) is 7.05 Å². The number of hydrogen-bond donors (Lipinski definition) is 0. The van der Waals surface area contributed by atoms with Gasteiger partial charge in [-0.15, -0.1) is 11.3 Å². The molecule has 136 valence electrons. The highest BCUT2D eigenvalue weighted by Crippen LogP contribution is 2.28. The van der Waals surface area contributed by atoms with Gasteiger partial charge in [-0.1, -0.05) is 0 Å². The monoisotopic (exact) mass is 368 g/mol. The normalized spacial score (nSPS) is 18.3. The number of thiazole rings is 1. The first-order valence-corrected chi connectivity index (χ1v) is 9.92. The maximum atomic E-state index is 4.88. The third kappa shape index (κ3) is 3.54. The molecule has 0 saturated carbocycles. The largest absolute Gasteiger partial charge is 0.333 e. The number of imidazole rings is 1. The number of aryl methyl sites for hydroxylation is 3. The standard InChI is InChI=1S/C19H24N6S/c1-13-9-16(19-20-6-8-24(19)3)23-18(22-13)15-5-4-7-25(10-15)11-17-14(2)21-12-26-17/h6,8-9,12,15H,4-5,7,10-11H2,1-3H3/t15-/m0/s1. The first-order valence-electron chi connectivity index (χ1n) is 9.04. The summed E-state index contributed by atoms with van der Waals surface area (Å²) in [5.41, 5.74) is 5.01. The van der Waals surface area contributed by atoms with E-state index in [1.54, 1.807) is 11.3 Å². The van der Waals surface area contributed by atoms with Gasteiger partial charge < -0.3 is 4.57 Å². The molecule has 0 spiro atoms. The molecule has 0 aliphatic carbocycles. The van der Waals surface area contributed by atoms with Crippen LogP contribution >= 0.6 is 11.3 Å². The van der Waals surface area contributed by atoms with E-state index in [9.17, 15) is 0 Å². The molecule has 7 heteroatoms. The fourth-order valence-electron chi connectivity index (χ4n) is 3.59. The molecule has 3 aromatic rings. The summed E-state index contributed by atoms with van der Waals surface area (Å²) < 4.78 is 2.01. The average Bonchev–Trinajstić information content (AvgIpc) is 3.23. The van der Waals surface area contributed by atoms with Crippen molar-refractivity contribution in [1.29, 1.82) is 0 Å². The Morgan fingerprint density at radius 3 is 2.85 bits per heavy atom. The minimum atomic E-state index is 0.371. The minimum Gasteiger partial charge on any atom is -0.333 e. The predicted octanol–water partition coefficient (Wildman–Crippen LogP) is 3.33. The van der Waals surface area contributed by atoms with Gasteiger partial charge in [-0.05, 0) is 39.3 Å². The van der Waals surface area contributed by atoms with Crippen molar-refractivity contribution >= 4 is 11.3 Å². The quantitative estimate of drug-likeness (QED) is 0.707. The highest BCUT2D eigenvalue weighted by Gasteiger charge is 2.25. The number of hydrogen-bond acceptors (Lipinski definition) is 6. The smallest absolute Gasteiger partial charge is 0.158 e. The van der Waals surface area contributed by atoms with Crippen LogP contribution in [0.25, 0.3) is 11.5 Å². The lowest BCUT2D eigenvalue weighted by molar-refractivity contribution is 0.197. The highest BCUT2D eigenvalue weighted by molar-refractivity contribution is 7.09. The molecule has 1 aliphatic heterocycles. The Morgan fingerprint density at radius 1 is 1.23 bits per heavy atom. The Kier molecular flexibility index (Phi) is 4.82. The van der Waals surface area contributed by atoms with E-state index in [2.05, 4.69) is 21.8 Å². The number of likely N-dealkylation sites (tertiary alicyclic amines) is 1. The maximum absolute atomic E-state index is 4.88. The van der Waals surface area contributed by atoms with Crippen molar-refractivity contribution in [3.63, 3.8) is 0 Å². The van der Waals surface area contributed by atoms with Crippen LogP contribution in [0.3, 0.4) is 0 Å². The molecule has 1 aliphatic rings. The molecule has 0 bridgehead atoms. The van der Waals surface area contributed by atoms with E-state index in [0.717, 1.165) is 54.8 Å².